The van der Waals surface area contributed by atoms with Gasteiger partial charge in [0.15, 0.2) is 0 Å². The van der Waals surface area contributed by atoms with Crippen molar-refractivity contribution in [2.75, 3.05) is 23.3 Å². The summed E-state index contributed by atoms with van der Waals surface area (Å²) in [7, 11) is 0. The summed E-state index contributed by atoms with van der Waals surface area (Å²) in [4.78, 5) is 25.9. The van der Waals surface area contributed by atoms with Crippen LogP contribution in [0.15, 0.2) is 30.3 Å². The van der Waals surface area contributed by atoms with Crippen LogP contribution in [0.2, 0.25) is 15.1 Å². The van der Waals surface area contributed by atoms with Crippen LogP contribution in [0.5, 0.6) is 0 Å². The van der Waals surface area contributed by atoms with E-state index in [1.54, 1.807) is 12.1 Å². The molecule has 1 aliphatic heterocycles. The van der Waals surface area contributed by atoms with E-state index in [0.29, 0.717) is 17.5 Å². The lowest BCUT2D eigenvalue weighted by atomic mass is 9.91. The Labute approximate surface area is 183 Å². The molecule has 9 heteroatoms. The predicted octanol–water partition coefficient (Wildman–Crippen LogP) is 6.29. The van der Waals surface area contributed by atoms with Gasteiger partial charge in [-0.05, 0) is 42.5 Å². The molecule has 2 aromatic rings. The molecule has 0 saturated carbocycles. The highest BCUT2D eigenvalue weighted by molar-refractivity contribution is 6.44. The fraction of sp³-hybridized carbons (Fsp3) is 0.350. The summed E-state index contributed by atoms with van der Waals surface area (Å²) in [5.74, 6) is 0.358. The third-order valence-electron chi connectivity index (χ3n) is 4.90. The molecule has 1 heterocycles. The van der Waals surface area contributed by atoms with Gasteiger partial charge in [-0.2, -0.15) is 0 Å². The highest BCUT2D eigenvalue weighted by Gasteiger charge is 2.28. The lowest BCUT2D eigenvalue weighted by molar-refractivity contribution is -0.384. The van der Waals surface area contributed by atoms with Crippen molar-refractivity contribution in [1.82, 2.24) is 0 Å². The van der Waals surface area contributed by atoms with Gasteiger partial charge >= 0.3 is 0 Å². The van der Waals surface area contributed by atoms with Crippen LogP contribution >= 0.6 is 34.8 Å². The zero-order chi connectivity index (χ0) is 21.3. The average Bonchev–Trinajstić information content (AvgIpc) is 2.64. The molecule has 0 aliphatic carbocycles. The summed E-state index contributed by atoms with van der Waals surface area (Å²) in [6, 6.07) is 7.36. The topological polar surface area (TPSA) is 75.5 Å². The van der Waals surface area contributed by atoms with Gasteiger partial charge in [-0.3, -0.25) is 14.9 Å². The molecule has 2 aromatic carbocycles. The number of halogens is 3. The van der Waals surface area contributed by atoms with Crippen molar-refractivity contribution in [3.63, 3.8) is 0 Å². The molecule has 0 radical (unpaired) electrons. The molecule has 1 aliphatic rings. The van der Waals surface area contributed by atoms with Crippen molar-refractivity contribution >= 4 is 57.8 Å². The first-order valence-corrected chi connectivity index (χ1v) is 10.3. The quantitative estimate of drug-likeness (QED) is 0.333. The van der Waals surface area contributed by atoms with E-state index < -0.39 is 10.8 Å². The Bertz CT molecular complexity index is 957. The second-order valence-electron chi connectivity index (χ2n) is 7.51. The van der Waals surface area contributed by atoms with E-state index in [1.165, 1.54) is 18.2 Å². The standard InChI is InChI=1S/C20H20Cl3N3O3/c1-11-5-12(2)10-25(9-11)18-4-3-13(6-19(18)26(28)29)20(27)24-17-8-15(22)14(21)7-16(17)23/h3-4,6-8,11-12H,5,9-10H2,1-2H3,(H,24,27)/t11-,12-/m1/s1. The van der Waals surface area contributed by atoms with Crippen molar-refractivity contribution in [3.8, 4) is 0 Å². The van der Waals surface area contributed by atoms with Gasteiger partial charge < -0.3 is 10.2 Å². The molecule has 1 fully saturated rings. The largest absolute Gasteiger partial charge is 0.365 e. The third-order valence-corrected chi connectivity index (χ3v) is 5.94. The lowest BCUT2D eigenvalue weighted by Gasteiger charge is -2.36. The van der Waals surface area contributed by atoms with Gasteiger partial charge in [-0.1, -0.05) is 48.7 Å². The van der Waals surface area contributed by atoms with E-state index in [1.807, 2.05) is 4.90 Å². The Kier molecular flexibility index (Phi) is 6.56. The maximum Gasteiger partial charge on any atom is 0.293 e. The number of anilines is 2. The number of nitro groups is 1. The van der Waals surface area contributed by atoms with Crippen LogP contribution in [0.4, 0.5) is 17.1 Å². The summed E-state index contributed by atoms with van der Waals surface area (Å²) in [5.41, 5.74) is 0.855. The first-order chi connectivity index (χ1) is 13.7. The highest BCUT2D eigenvalue weighted by Crippen LogP contribution is 2.35. The molecule has 29 heavy (non-hydrogen) atoms. The average molecular weight is 457 g/mol. The Morgan fingerprint density at radius 3 is 2.31 bits per heavy atom. The van der Waals surface area contributed by atoms with Crippen molar-refractivity contribution in [2.24, 2.45) is 11.8 Å². The molecule has 2 atom stereocenters. The van der Waals surface area contributed by atoms with Gasteiger partial charge in [0.1, 0.15) is 5.69 Å². The number of rotatable bonds is 4. The van der Waals surface area contributed by atoms with Gasteiger partial charge in [0.25, 0.3) is 11.6 Å². The van der Waals surface area contributed by atoms with E-state index >= 15 is 0 Å². The Hall–Kier alpha value is -2.02. The number of carbonyl (C=O) groups excluding carboxylic acids is 1. The highest BCUT2D eigenvalue weighted by atomic mass is 35.5. The van der Waals surface area contributed by atoms with Gasteiger partial charge in [0.05, 0.1) is 25.7 Å². The summed E-state index contributed by atoms with van der Waals surface area (Å²) >= 11 is 18.0. The number of nitrogens with zero attached hydrogens (tertiary/aromatic N) is 2. The van der Waals surface area contributed by atoms with Crippen molar-refractivity contribution in [1.29, 1.82) is 0 Å². The van der Waals surface area contributed by atoms with E-state index in [4.69, 9.17) is 34.8 Å². The first-order valence-electron chi connectivity index (χ1n) is 9.15. The van der Waals surface area contributed by atoms with E-state index in [9.17, 15) is 14.9 Å². The molecule has 1 N–H and O–H groups in total. The predicted molar refractivity (Wildman–Crippen MR) is 118 cm³/mol. The van der Waals surface area contributed by atoms with Gasteiger partial charge in [0, 0.05) is 24.7 Å². The van der Waals surface area contributed by atoms with Crippen molar-refractivity contribution < 1.29 is 9.72 Å². The molecule has 154 valence electrons. The molecule has 3 rings (SSSR count). The van der Waals surface area contributed by atoms with Crippen molar-refractivity contribution in [3.05, 3.63) is 61.1 Å². The number of amides is 1. The third kappa shape index (κ3) is 4.94. The fourth-order valence-electron chi connectivity index (χ4n) is 3.75. The number of benzene rings is 2. The Morgan fingerprint density at radius 2 is 1.69 bits per heavy atom. The van der Waals surface area contributed by atoms with Crippen LogP contribution in [0.3, 0.4) is 0 Å². The summed E-state index contributed by atoms with van der Waals surface area (Å²) in [6.45, 7) is 5.76. The molecule has 0 bridgehead atoms. The molecular weight excluding hydrogens is 437 g/mol. The van der Waals surface area contributed by atoms with Gasteiger partial charge in [0.2, 0.25) is 0 Å². The zero-order valence-electron chi connectivity index (χ0n) is 15.9. The molecule has 0 aromatic heterocycles. The molecule has 1 amide bonds. The van der Waals surface area contributed by atoms with Crippen LogP contribution in [-0.4, -0.2) is 23.9 Å². The molecule has 1 saturated heterocycles. The minimum atomic E-state index is -0.527. The fourth-order valence-corrected chi connectivity index (χ4v) is 4.34. The number of hydrogen-bond acceptors (Lipinski definition) is 4. The number of hydrogen-bond donors (Lipinski definition) is 1. The Morgan fingerprint density at radius 1 is 1.07 bits per heavy atom. The van der Waals surface area contributed by atoms with Crippen LogP contribution in [0.25, 0.3) is 0 Å². The minimum absolute atomic E-state index is 0.0980. The summed E-state index contributed by atoms with van der Waals surface area (Å²) < 4.78 is 0. The molecule has 6 nitrogen and oxygen atoms in total. The molecular formula is C20H20Cl3N3O3. The number of nitrogens with one attached hydrogen (secondary N) is 1. The van der Waals surface area contributed by atoms with E-state index in [0.717, 1.165) is 19.5 Å². The van der Waals surface area contributed by atoms with Crippen molar-refractivity contribution in [2.45, 2.75) is 20.3 Å². The first kappa shape index (κ1) is 21.7. The van der Waals surface area contributed by atoms with Gasteiger partial charge in [-0.15, -0.1) is 0 Å². The smallest absolute Gasteiger partial charge is 0.293 e. The normalized spacial score (nSPS) is 19.1. The maximum absolute atomic E-state index is 12.6. The monoisotopic (exact) mass is 455 g/mol. The second-order valence-corrected chi connectivity index (χ2v) is 8.73. The molecule has 0 spiro atoms. The number of carbonyl (C=O) groups is 1. The van der Waals surface area contributed by atoms with E-state index in [2.05, 4.69) is 19.2 Å². The molecule has 0 unspecified atom stereocenters. The van der Waals surface area contributed by atoms with Crippen LogP contribution < -0.4 is 10.2 Å². The van der Waals surface area contributed by atoms with Crippen LogP contribution in [0, 0.1) is 22.0 Å². The minimum Gasteiger partial charge on any atom is -0.365 e. The zero-order valence-corrected chi connectivity index (χ0v) is 18.2. The van der Waals surface area contributed by atoms with Crippen LogP contribution in [-0.2, 0) is 0 Å². The second kappa shape index (κ2) is 8.78. The Balaban J connectivity index is 1.89. The summed E-state index contributed by atoms with van der Waals surface area (Å²) in [6.07, 6.45) is 1.09. The van der Waals surface area contributed by atoms with Gasteiger partial charge in [-0.25, -0.2) is 0 Å². The van der Waals surface area contributed by atoms with Crippen LogP contribution in [0.1, 0.15) is 30.6 Å². The van der Waals surface area contributed by atoms with E-state index in [-0.39, 0.29) is 32.0 Å². The SMILES string of the molecule is C[C@@H]1C[C@@H](C)CN(c2ccc(C(=O)Nc3cc(Cl)c(Cl)cc3Cl)cc2[N+](=O)[O-])C1. The number of piperidine rings is 1. The summed E-state index contributed by atoms with van der Waals surface area (Å²) in [5, 5.41) is 15.0. The number of nitro benzene ring substituents is 1. The maximum atomic E-state index is 12.6. The lowest BCUT2D eigenvalue weighted by Crippen LogP contribution is -2.39.